The summed E-state index contributed by atoms with van der Waals surface area (Å²) in [5.74, 6) is 0.699. The molecule has 0 aromatic heterocycles. The third kappa shape index (κ3) is 4.05. The van der Waals surface area contributed by atoms with Crippen LogP contribution < -0.4 is 15.4 Å². The standard InChI is InChI=1S/C23H21N3O4/c24-22(25)15-9-11-17(12-10-15)26-14-20(30-23(26)28)21(16-5-4-6-18(27)13-16)29-19-7-2-1-3-8-19/h1-13,20-21,27H,14H2,(H3,24,25). The lowest BCUT2D eigenvalue weighted by Gasteiger charge is -2.24. The minimum atomic E-state index is -0.607. The van der Waals surface area contributed by atoms with Gasteiger partial charge < -0.3 is 20.3 Å². The van der Waals surface area contributed by atoms with Crippen LogP contribution in [0.3, 0.4) is 0 Å². The van der Waals surface area contributed by atoms with Crippen LogP contribution in [0.25, 0.3) is 0 Å². The molecule has 4 N–H and O–H groups in total. The number of amides is 1. The SMILES string of the molecule is N=C(N)c1ccc(N2CC(C(Oc3ccccc3)c3cccc(O)c3)OC2=O)cc1. The van der Waals surface area contributed by atoms with Crippen molar-refractivity contribution in [2.45, 2.75) is 12.2 Å². The number of phenols is 1. The van der Waals surface area contributed by atoms with Gasteiger partial charge in [0.05, 0.1) is 6.54 Å². The van der Waals surface area contributed by atoms with Gasteiger partial charge in [0, 0.05) is 11.3 Å². The van der Waals surface area contributed by atoms with Gasteiger partial charge in [-0.05, 0) is 54.1 Å². The maximum atomic E-state index is 12.6. The summed E-state index contributed by atoms with van der Waals surface area (Å²) in [6.45, 7) is 0.269. The van der Waals surface area contributed by atoms with E-state index in [1.165, 1.54) is 4.90 Å². The van der Waals surface area contributed by atoms with Gasteiger partial charge in [0.1, 0.15) is 17.3 Å². The number of cyclic esters (lactones) is 1. The summed E-state index contributed by atoms with van der Waals surface area (Å²) in [4.78, 5) is 14.1. The molecule has 1 heterocycles. The van der Waals surface area contributed by atoms with E-state index in [9.17, 15) is 9.90 Å². The van der Waals surface area contributed by atoms with Crippen molar-refractivity contribution in [2.24, 2.45) is 5.73 Å². The lowest BCUT2D eigenvalue weighted by atomic mass is 10.0. The van der Waals surface area contributed by atoms with Gasteiger partial charge in [-0.15, -0.1) is 0 Å². The molecule has 1 aliphatic heterocycles. The number of amidine groups is 1. The van der Waals surface area contributed by atoms with E-state index in [0.717, 1.165) is 0 Å². The van der Waals surface area contributed by atoms with Gasteiger partial charge in [-0.1, -0.05) is 30.3 Å². The van der Waals surface area contributed by atoms with Crippen molar-refractivity contribution in [3.8, 4) is 11.5 Å². The summed E-state index contributed by atoms with van der Waals surface area (Å²) in [6, 6.07) is 22.8. The number of hydrogen-bond acceptors (Lipinski definition) is 5. The van der Waals surface area contributed by atoms with E-state index in [-0.39, 0.29) is 18.1 Å². The number of para-hydroxylation sites is 1. The van der Waals surface area contributed by atoms with Crippen molar-refractivity contribution < 1.29 is 19.4 Å². The first-order chi connectivity index (χ1) is 14.5. The molecule has 1 aliphatic rings. The molecule has 0 saturated carbocycles. The van der Waals surface area contributed by atoms with Crippen LogP contribution in [0, 0.1) is 5.41 Å². The van der Waals surface area contributed by atoms with Crippen molar-refractivity contribution in [1.82, 2.24) is 0 Å². The number of rotatable bonds is 6. The van der Waals surface area contributed by atoms with Crippen LogP contribution >= 0.6 is 0 Å². The van der Waals surface area contributed by atoms with Crippen LogP contribution in [0.5, 0.6) is 11.5 Å². The molecule has 0 radical (unpaired) electrons. The van der Waals surface area contributed by atoms with Crippen LogP contribution in [0.1, 0.15) is 17.2 Å². The molecule has 0 bridgehead atoms. The van der Waals surface area contributed by atoms with E-state index < -0.39 is 18.3 Å². The normalized spacial score (nSPS) is 16.7. The number of nitrogens with zero attached hydrogens (tertiary/aromatic N) is 1. The van der Waals surface area contributed by atoms with E-state index in [2.05, 4.69) is 0 Å². The largest absolute Gasteiger partial charge is 0.508 e. The third-order valence-corrected chi connectivity index (χ3v) is 4.87. The molecule has 1 amide bonds. The fourth-order valence-corrected chi connectivity index (χ4v) is 3.38. The van der Waals surface area contributed by atoms with E-state index in [1.54, 1.807) is 42.5 Å². The van der Waals surface area contributed by atoms with Gasteiger partial charge in [0.25, 0.3) is 0 Å². The highest BCUT2D eigenvalue weighted by Gasteiger charge is 2.39. The Kier molecular flexibility index (Phi) is 5.26. The second-order valence-corrected chi connectivity index (χ2v) is 6.94. The van der Waals surface area contributed by atoms with Crippen molar-refractivity contribution >= 4 is 17.6 Å². The molecule has 7 heteroatoms. The Morgan fingerprint density at radius 3 is 2.50 bits per heavy atom. The number of phenolic OH excluding ortho intramolecular Hbond substituents is 1. The first kappa shape index (κ1) is 19.3. The average Bonchev–Trinajstić information content (AvgIpc) is 3.14. The van der Waals surface area contributed by atoms with Crippen molar-refractivity contribution in [1.29, 1.82) is 5.41 Å². The van der Waals surface area contributed by atoms with Gasteiger partial charge in [0.15, 0.2) is 12.2 Å². The Morgan fingerprint density at radius 1 is 1.10 bits per heavy atom. The molecule has 2 atom stereocenters. The zero-order valence-electron chi connectivity index (χ0n) is 16.1. The Hall–Kier alpha value is -4.00. The van der Waals surface area contributed by atoms with Crippen molar-refractivity contribution in [3.05, 3.63) is 90.0 Å². The van der Waals surface area contributed by atoms with Gasteiger partial charge in [0.2, 0.25) is 0 Å². The number of nitrogens with two attached hydrogens (primary N) is 1. The molecule has 1 fully saturated rings. The number of nitrogens with one attached hydrogen (secondary N) is 1. The Labute approximate surface area is 173 Å². The van der Waals surface area contributed by atoms with Crippen LogP contribution in [0.2, 0.25) is 0 Å². The molecule has 0 spiro atoms. The first-order valence-corrected chi connectivity index (χ1v) is 9.44. The number of carbonyl (C=O) groups excluding carboxylic acids is 1. The highest BCUT2D eigenvalue weighted by Crippen LogP contribution is 2.33. The lowest BCUT2D eigenvalue weighted by Crippen LogP contribution is -2.29. The molecular weight excluding hydrogens is 382 g/mol. The van der Waals surface area contributed by atoms with Gasteiger partial charge in [-0.2, -0.15) is 0 Å². The quantitative estimate of drug-likeness (QED) is 0.428. The van der Waals surface area contributed by atoms with Gasteiger partial charge >= 0.3 is 6.09 Å². The Bertz CT molecular complexity index is 1050. The number of hydrogen-bond donors (Lipinski definition) is 3. The summed E-state index contributed by atoms with van der Waals surface area (Å²) in [6.07, 6.45) is -1.69. The van der Waals surface area contributed by atoms with Crippen LogP contribution in [-0.4, -0.2) is 29.7 Å². The summed E-state index contributed by atoms with van der Waals surface area (Å²) in [5, 5.41) is 17.4. The molecule has 30 heavy (non-hydrogen) atoms. The van der Waals surface area contributed by atoms with E-state index in [0.29, 0.717) is 22.6 Å². The second kappa shape index (κ2) is 8.16. The monoisotopic (exact) mass is 403 g/mol. The minimum Gasteiger partial charge on any atom is -0.508 e. The maximum absolute atomic E-state index is 12.6. The Morgan fingerprint density at radius 2 is 1.83 bits per heavy atom. The Balaban J connectivity index is 1.61. The van der Waals surface area contributed by atoms with Crippen molar-refractivity contribution in [3.63, 3.8) is 0 Å². The third-order valence-electron chi connectivity index (χ3n) is 4.87. The molecule has 3 aromatic rings. The number of carbonyl (C=O) groups is 1. The highest BCUT2D eigenvalue weighted by molar-refractivity contribution is 5.96. The lowest BCUT2D eigenvalue weighted by molar-refractivity contribution is 0.0473. The number of ether oxygens (including phenoxy) is 2. The van der Waals surface area contributed by atoms with E-state index in [1.807, 2.05) is 36.4 Å². The summed E-state index contributed by atoms with van der Waals surface area (Å²) in [5.41, 5.74) is 7.41. The number of benzene rings is 3. The highest BCUT2D eigenvalue weighted by atomic mass is 16.6. The molecular formula is C23H21N3O4. The summed E-state index contributed by atoms with van der Waals surface area (Å²) < 4.78 is 11.8. The zero-order chi connectivity index (χ0) is 21.1. The molecule has 1 saturated heterocycles. The number of aromatic hydroxyl groups is 1. The second-order valence-electron chi connectivity index (χ2n) is 6.94. The van der Waals surface area contributed by atoms with E-state index >= 15 is 0 Å². The predicted octanol–water partition coefficient (Wildman–Crippen LogP) is 3.82. The first-order valence-electron chi connectivity index (χ1n) is 9.44. The van der Waals surface area contributed by atoms with Crippen LogP contribution in [-0.2, 0) is 4.74 Å². The van der Waals surface area contributed by atoms with Gasteiger partial charge in [-0.25, -0.2) is 4.79 Å². The smallest absolute Gasteiger partial charge is 0.414 e. The molecule has 152 valence electrons. The molecule has 4 rings (SSSR count). The van der Waals surface area contributed by atoms with Gasteiger partial charge in [-0.3, -0.25) is 10.3 Å². The zero-order valence-corrected chi connectivity index (χ0v) is 16.1. The minimum absolute atomic E-state index is 0.0383. The number of anilines is 1. The van der Waals surface area contributed by atoms with Crippen LogP contribution in [0.4, 0.5) is 10.5 Å². The van der Waals surface area contributed by atoms with Crippen LogP contribution in [0.15, 0.2) is 78.9 Å². The average molecular weight is 403 g/mol. The molecule has 2 unspecified atom stereocenters. The number of nitrogen functional groups attached to an aromatic ring is 1. The fourth-order valence-electron chi connectivity index (χ4n) is 3.38. The molecule has 0 aliphatic carbocycles. The van der Waals surface area contributed by atoms with E-state index in [4.69, 9.17) is 20.6 Å². The predicted molar refractivity (Wildman–Crippen MR) is 113 cm³/mol. The van der Waals surface area contributed by atoms with Crippen molar-refractivity contribution in [2.75, 3.05) is 11.4 Å². The maximum Gasteiger partial charge on any atom is 0.414 e. The molecule has 7 nitrogen and oxygen atoms in total. The molecule has 3 aromatic carbocycles. The topological polar surface area (TPSA) is 109 Å². The fraction of sp³-hybridized carbons (Fsp3) is 0.130. The summed E-state index contributed by atoms with van der Waals surface area (Å²) in [7, 11) is 0. The summed E-state index contributed by atoms with van der Waals surface area (Å²) >= 11 is 0.